The lowest BCUT2D eigenvalue weighted by Crippen LogP contribution is -2.28. The number of benzene rings is 2. The van der Waals surface area contributed by atoms with Crippen molar-refractivity contribution >= 4 is 18.0 Å². The summed E-state index contributed by atoms with van der Waals surface area (Å²) < 4.78 is 26.0. The van der Waals surface area contributed by atoms with E-state index in [0.29, 0.717) is 29.5 Å². The Bertz CT molecular complexity index is 938. The molecule has 0 bridgehead atoms. The molecule has 0 spiro atoms. The molecule has 2 heterocycles. The minimum absolute atomic E-state index is 0.186. The van der Waals surface area contributed by atoms with Crippen molar-refractivity contribution in [1.82, 2.24) is 5.32 Å². The van der Waals surface area contributed by atoms with Gasteiger partial charge in [-0.3, -0.25) is 4.79 Å². The average molecular weight is 383 g/mol. The van der Waals surface area contributed by atoms with E-state index in [2.05, 4.69) is 5.32 Å². The lowest BCUT2D eigenvalue weighted by molar-refractivity contribution is -0.143. The monoisotopic (exact) mass is 383 g/mol. The quantitative estimate of drug-likeness (QED) is 0.603. The van der Waals surface area contributed by atoms with Gasteiger partial charge < -0.3 is 29.0 Å². The predicted octanol–water partition coefficient (Wildman–Crippen LogP) is 2.02. The molecule has 0 aromatic heterocycles. The SMILES string of the molecule is O=C(COC(=O)/C=C/c1ccc2c(c1)OCO2)NCc1ccc2c(c1)OCO2. The largest absolute Gasteiger partial charge is 0.454 e. The first-order valence-electron chi connectivity index (χ1n) is 8.57. The number of nitrogens with one attached hydrogen (secondary N) is 1. The van der Waals surface area contributed by atoms with Gasteiger partial charge in [-0.05, 0) is 41.5 Å². The summed E-state index contributed by atoms with van der Waals surface area (Å²) in [5, 5.41) is 2.68. The van der Waals surface area contributed by atoms with Gasteiger partial charge in [0.05, 0.1) is 0 Å². The van der Waals surface area contributed by atoms with Crippen LogP contribution >= 0.6 is 0 Å². The highest BCUT2D eigenvalue weighted by molar-refractivity contribution is 5.89. The normalized spacial score (nSPS) is 13.6. The molecule has 0 aliphatic carbocycles. The van der Waals surface area contributed by atoms with E-state index in [1.54, 1.807) is 36.4 Å². The van der Waals surface area contributed by atoms with Crippen LogP contribution < -0.4 is 24.3 Å². The van der Waals surface area contributed by atoms with Crippen molar-refractivity contribution < 1.29 is 33.3 Å². The summed E-state index contributed by atoms with van der Waals surface area (Å²) in [5.74, 6) is 1.60. The number of esters is 1. The van der Waals surface area contributed by atoms with Crippen LogP contribution in [0.5, 0.6) is 23.0 Å². The van der Waals surface area contributed by atoms with Crippen LogP contribution in [-0.2, 0) is 20.9 Å². The van der Waals surface area contributed by atoms with Crippen molar-refractivity contribution in [3.05, 3.63) is 53.6 Å². The summed E-state index contributed by atoms with van der Waals surface area (Å²) >= 11 is 0. The molecule has 0 saturated carbocycles. The summed E-state index contributed by atoms with van der Waals surface area (Å²) in [4.78, 5) is 23.6. The smallest absolute Gasteiger partial charge is 0.331 e. The van der Waals surface area contributed by atoms with Crippen LogP contribution in [0.15, 0.2) is 42.5 Å². The molecule has 0 atom stereocenters. The Hall–Kier alpha value is -3.68. The first kappa shape index (κ1) is 17.7. The third-order valence-electron chi connectivity index (χ3n) is 4.08. The Balaban J connectivity index is 1.21. The van der Waals surface area contributed by atoms with Gasteiger partial charge in [-0.15, -0.1) is 0 Å². The third-order valence-corrected chi connectivity index (χ3v) is 4.08. The maximum Gasteiger partial charge on any atom is 0.331 e. The molecular weight excluding hydrogens is 366 g/mol. The Labute approximate surface area is 160 Å². The lowest BCUT2D eigenvalue weighted by atomic mass is 10.2. The van der Waals surface area contributed by atoms with Gasteiger partial charge in [0.15, 0.2) is 29.6 Å². The Morgan fingerprint density at radius 1 is 0.929 bits per heavy atom. The fourth-order valence-corrected chi connectivity index (χ4v) is 2.67. The minimum atomic E-state index is -0.615. The average Bonchev–Trinajstić information content (AvgIpc) is 3.37. The number of rotatable bonds is 6. The van der Waals surface area contributed by atoms with E-state index >= 15 is 0 Å². The van der Waals surface area contributed by atoms with E-state index in [1.807, 2.05) is 6.07 Å². The minimum Gasteiger partial charge on any atom is -0.454 e. The summed E-state index contributed by atoms with van der Waals surface area (Å²) in [6.45, 7) is 0.307. The number of carbonyl (C=O) groups is 2. The van der Waals surface area contributed by atoms with E-state index in [9.17, 15) is 9.59 Å². The van der Waals surface area contributed by atoms with Gasteiger partial charge >= 0.3 is 5.97 Å². The molecule has 2 aromatic rings. The molecule has 28 heavy (non-hydrogen) atoms. The second-order valence-electron chi connectivity index (χ2n) is 6.02. The molecule has 2 aliphatic rings. The zero-order chi connectivity index (χ0) is 19.3. The zero-order valence-corrected chi connectivity index (χ0v) is 14.8. The van der Waals surface area contributed by atoms with Gasteiger partial charge in [-0.25, -0.2) is 4.79 Å². The number of hydrogen-bond donors (Lipinski definition) is 1. The highest BCUT2D eigenvalue weighted by Gasteiger charge is 2.14. The molecule has 1 N–H and O–H groups in total. The fraction of sp³-hybridized carbons (Fsp3) is 0.200. The van der Waals surface area contributed by atoms with E-state index in [0.717, 1.165) is 11.1 Å². The zero-order valence-electron chi connectivity index (χ0n) is 14.8. The third kappa shape index (κ3) is 4.17. The van der Waals surface area contributed by atoms with Crippen molar-refractivity contribution in [2.45, 2.75) is 6.54 Å². The first-order valence-corrected chi connectivity index (χ1v) is 8.57. The number of fused-ring (bicyclic) bond motifs is 2. The van der Waals surface area contributed by atoms with Crippen LogP contribution in [0.1, 0.15) is 11.1 Å². The van der Waals surface area contributed by atoms with Crippen molar-refractivity contribution in [2.75, 3.05) is 20.2 Å². The maximum atomic E-state index is 11.9. The van der Waals surface area contributed by atoms with Crippen LogP contribution in [0.3, 0.4) is 0 Å². The van der Waals surface area contributed by atoms with Crippen molar-refractivity contribution in [1.29, 1.82) is 0 Å². The van der Waals surface area contributed by atoms with Crippen LogP contribution in [0.2, 0.25) is 0 Å². The second kappa shape index (κ2) is 7.91. The summed E-state index contributed by atoms with van der Waals surface area (Å²) in [6, 6.07) is 10.7. The van der Waals surface area contributed by atoms with Gasteiger partial charge in [0.2, 0.25) is 13.6 Å². The van der Waals surface area contributed by atoms with Crippen molar-refractivity contribution in [3.8, 4) is 23.0 Å². The van der Waals surface area contributed by atoms with Crippen LogP contribution in [0.4, 0.5) is 0 Å². The molecule has 144 valence electrons. The first-order chi connectivity index (χ1) is 13.7. The molecule has 4 rings (SSSR count). The molecule has 0 saturated heterocycles. The fourth-order valence-electron chi connectivity index (χ4n) is 2.67. The lowest BCUT2D eigenvalue weighted by Gasteiger charge is -2.06. The number of amides is 1. The molecule has 2 aliphatic heterocycles. The van der Waals surface area contributed by atoms with E-state index in [1.165, 1.54) is 6.08 Å². The number of carbonyl (C=O) groups excluding carboxylic acids is 2. The summed E-state index contributed by atoms with van der Waals surface area (Å²) in [5.41, 5.74) is 1.61. The molecule has 0 radical (unpaired) electrons. The highest BCUT2D eigenvalue weighted by Crippen LogP contribution is 2.33. The highest BCUT2D eigenvalue weighted by atomic mass is 16.7. The van der Waals surface area contributed by atoms with Gasteiger partial charge in [-0.2, -0.15) is 0 Å². The van der Waals surface area contributed by atoms with Crippen molar-refractivity contribution in [3.63, 3.8) is 0 Å². The molecule has 2 aromatic carbocycles. The predicted molar refractivity (Wildman–Crippen MR) is 97.0 cm³/mol. The molecule has 0 unspecified atom stereocenters. The van der Waals surface area contributed by atoms with Gasteiger partial charge in [-0.1, -0.05) is 12.1 Å². The Morgan fingerprint density at radius 3 is 2.39 bits per heavy atom. The standard InChI is InChI=1S/C20H17NO7/c22-19(21-9-14-2-5-16-18(8-14)28-12-26-16)10-24-20(23)6-3-13-1-4-15-17(7-13)27-11-25-15/h1-8H,9-12H2,(H,21,22)/b6-3+. The van der Waals surface area contributed by atoms with Gasteiger partial charge in [0, 0.05) is 12.6 Å². The Kier molecular flexibility index (Phi) is 5.01. The number of hydrogen-bond acceptors (Lipinski definition) is 7. The van der Waals surface area contributed by atoms with Crippen LogP contribution in [0, 0.1) is 0 Å². The topological polar surface area (TPSA) is 92.3 Å². The van der Waals surface area contributed by atoms with Crippen molar-refractivity contribution in [2.24, 2.45) is 0 Å². The Morgan fingerprint density at radius 2 is 1.61 bits per heavy atom. The summed E-state index contributed by atoms with van der Waals surface area (Å²) in [7, 11) is 0. The van der Waals surface area contributed by atoms with E-state index in [-0.39, 0.29) is 20.2 Å². The van der Waals surface area contributed by atoms with Crippen LogP contribution in [0.25, 0.3) is 6.08 Å². The van der Waals surface area contributed by atoms with Gasteiger partial charge in [0.25, 0.3) is 5.91 Å². The van der Waals surface area contributed by atoms with Crippen LogP contribution in [-0.4, -0.2) is 32.1 Å². The molecule has 8 heteroatoms. The maximum absolute atomic E-state index is 11.9. The van der Waals surface area contributed by atoms with E-state index in [4.69, 9.17) is 23.7 Å². The second-order valence-corrected chi connectivity index (χ2v) is 6.02. The summed E-state index contributed by atoms with van der Waals surface area (Å²) in [6.07, 6.45) is 2.83. The number of ether oxygens (including phenoxy) is 5. The molecule has 8 nitrogen and oxygen atoms in total. The molecular formula is C20H17NO7. The van der Waals surface area contributed by atoms with Gasteiger partial charge in [0.1, 0.15) is 0 Å². The molecule has 0 fully saturated rings. The molecule has 1 amide bonds. The van der Waals surface area contributed by atoms with E-state index < -0.39 is 11.9 Å².